The molecular formula is C22H24BrCl2N3O7. The first kappa shape index (κ1) is 27.6. The molecule has 0 saturated carbocycles. The monoisotopic (exact) mass is 591 g/mol. The van der Waals surface area contributed by atoms with Crippen molar-refractivity contribution in [1.29, 1.82) is 0 Å². The van der Waals surface area contributed by atoms with Crippen LogP contribution in [0.2, 0.25) is 10.0 Å². The summed E-state index contributed by atoms with van der Waals surface area (Å²) in [6.07, 6.45) is -4.09. The third kappa shape index (κ3) is 6.07. The number of rotatable bonds is 11. The number of anilines is 2. The molecule has 190 valence electrons. The molecule has 3 rings (SSSR count). The van der Waals surface area contributed by atoms with Gasteiger partial charge in [0.25, 0.3) is 0 Å². The third-order valence-corrected chi connectivity index (χ3v) is 7.03. The zero-order chi connectivity index (χ0) is 25.7. The number of nitrogens with one attached hydrogen (secondary N) is 1. The molecule has 0 amide bonds. The van der Waals surface area contributed by atoms with Crippen LogP contribution in [0.25, 0.3) is 10.9 Å². The van der Waals surface area contributed by atoms with Gasteiger partial charge in [-0.05, 0) is 34.1 Å². The van der Waals surface area contributed by atoms with E-state index in [1.165, 1.54) is 20.5 Å². The fraction of sp³-hybridized carbons (Fsp3) is 0.364. The summed E-state index contributed by atoms with van der Waals surface area (Å²) in [5.74, 6) is 0.818. The highest BCUT2D eigenvalue weighted by atomic mass is 79.9. The van der Waals surface area contributed by atoms with Crippen molar-refractivity contribution in [2.75, 3.05) is 32.8 Å². The number of aromatic nitrogens is 2. The Morgan fingerprint density at radius 1 is 0.971 bits per heavy atom. The van der Waals surface area contributed by atoms with Crippen molar-refractivity contribution < 1.29 is 34.6 Å². The van der Waals surface area contributed by atoms with E-state index in [1.54, 1.807) is 24.3 Å². The van der Waals surface area contributed by atoms with Gasteiger partial charge in [0.05, 0.1) is 41.6 Å². The molecular weight excluding hydrogens is 569 g/mol. The minimum absolute atomic E-state index is 0.151. The molecule has 0 saturated heterocycles. The van der Waals surface area contributed by atoms with Crippen molar-refractivity contribution in [3.63, 3.8) is 0 Å². The summed E-state index contributed by atoms with van der Waals surface area (Å²) in [6.45, 7) is -1.17. The van der Waals surface area contributed by atoms with Gasteiger partial charge in [0.2, 0.25) is 0 Å². The van der Waals surface area contributed by atoms with Gasteiger partial charge in [0, 0.05) is 23.0 Å². The summed E-state index contributed by atoms with van der Waals surface area (Å²) in [5, 5.41) is 44.2. The molecule has 0 radical (unpaired) electrons. The average molecular weight is 593 g/mol. The van der Waals surface area contributed by atoms with Crippen molar-refractivity contribution in [1.82, 2.24) is 9.97 Å². The number of nitrogens with zero attached hydrogens (tertiary/aromatic N) is 2. The largest absolute Gasteiger partial charge is 0.493 e. The number of methoxy groups -OCH3 is 2. The van der Waals surface area contributed by atoms with E-state index in [1.807, 2.05) is 0 Å². The van der Waals surface area contributed by atoms with Gasteiger partial charge in [-0.3, -0.25) is 0 Å². The standard InChI is InChI=1S/C22H24BrCl2N3O7/c1-33-14-5-10-13(6-15(14)35-17(8-30)21(32)20(31)16(7-29)34-2)26-9-27-22(10)28-12-4-3-11(23)18(24)19(12)25/h3-6,9,16-17,20-21,29-32H,7-8H2,1-2H3,(H,26,27,28)/t16-,17-,20+,21+/m0/s1. The summed E-state index contributed by atoms with van der Waals surface area (Å²) in [7, 11) is 2.70. The number of fused-ring (bicyclic) bond motifs is 1. The van der Waals surface area contributed by atoms with Crippen LogP contribution in [0.4, 0.5) is 11.5 Å². The maximum Gasteiger partial charge on any atom is 0.164 e. The molecule has 0 aliphatic rings. The molecule has 2 aromatic carbocycles. The molecule has 1 heterocycles. The van der Waals surface area contributed by atoms with Gasteiger partial charge in [0.1, 0.15) is 30.5 Å². The Morgan fingerprint density at radius 2 is 1.66 bits per heavy atom. The van der Waals surface area contributed by atoms with Gasteiger partial charge in [-0.2, -0.15) is 0 Å². The summed E-state index contributed by atoms with van der Waals surface area (Å²) >= 11 is 15.9. The Bertz CT molecular complexity index is 1170. The molecule has 0 fully saturated rings. The minimum atomic E-state index is -1.58. The second kappa shape index (κ2) is 12.3. The molecule has 0 bridgehead atoms. The van der Waals surface area contributed by atoms with Gasteiger partial charge in [-0.15, -0.1) is 0 Å². The summed E-state index contributed by atoms with van der Waals surface area (Å²) in [5.41, 5.74) is 0.975. The molecule has 1 aromatic heterocycles. The summed E-state index contributed by atoms with van der Waals surface area (Å²) in [6, 6.07) is 6.63. The zero-order valence-electron chi connectivity index (χ0n) is 18.7. The second-order valence-corrected chi connectivity index (χ2v) is 8.98. The van der Waals surface area contributed by atoms with Gasteiger partial charge in [-0.25, -0.2) is 9.97 Å². The molecule has 13 heteroatoms. The van der Waals surface area contributed by atoms with E-state index in [0.717, 1.165) is 0 Å². The van der Waals surface area contributed by atoms with Crippen LogP contribution in [0.3, 0.4) is 0 Å². The van der Waals surface area contributed by atoms with Gasteiger partial charge in [0.15, 0.2) is 17.6 Å². The van der Waals surface area contributed by atoms with Gasteiger partial charge < -0.3 is 40.0 Å². The van der Waals surface area contributed by atoms with E-state index in [0.29, 0.717) is 36.9 Å². The van der Waals surface area contributed by atoms with Crippen LogP contribution in [0.1, 0.15) is 0 Å². The van der Waals surface area contributed by atoms with E-state index in [4.69, 9.17) is 37.4 Å². The number of aliphatic hydroxyl groups excluding tert-OH is 4. The number of halogens is 3. The van der Waals surface area contributed by atoms with Crippen LogP contribution >= 0.6 is 39.1 Å². The fourth-order valence-corrected chi connectivity index (χ4v) is 4.13. The first-order valence-electron chi connectivity index (χ1n) is 10.3. The number of ether oxygens (including phenoxy) is 3. The molecule has 0 spiro atoms. The first-order valence-corrected chi connectivity index (χ1v) is 11.8. The molecule has 3 aromatic rings. The number of hydrogen-bond donors (Lipinski definition) is 5. The summed E-state index contributed by atoms with van der Waals surface area (Å²) in [4.78, 5) is 8.55. The predicted octanol–water partition coefficient (Wildman–Crippen LogP) is 2.92. The van der Waals surface area contributed by atoms with E-state index < -0.39 is 37.6 Å². The van der Waals surface area contributed by atoms with Crippen LogP contribution in [-0.2, 0) is 4.74 Å². The van der Waals surface area contributed by atoms with Crippen LogP contribution in [0, 0.1) is 0 Å². The van der Waals surface area contributed by atoms with Crippen LogP contribution in [0.15, 0.2) is 35.1 Å². The Hall–Kier alpha value is -1.96. The Kier molecular flexibility index (Phi) is 9.73. The lowest BCUT2D eigenvalue weighted by Gasteiger charge is -2.30. The molecule has 0 aliphatic carbocycles. The van der Waals surface area contributed by atoms with Gasteiger partial charge in [-0.1, -0.05) is 23.2 Å². The maximum atomic E-state index is 10.5. The van der Waals surface area contributed by atoms with Crippen LogP contribution in [0.5, 0.6) is 11.5 Å². The molecule has 0 aliphatic heterocycles. The second-order valence-electron chi connectivity index (χ2n) is 7.37. The van der Waals surface area contributed by atoms with Crippen molar-refractivity contribution in [2.24, 2.45) is 0 Å². The quantitative estimate of drug-likeness (QED) is 0.211. The van der Waals surface area contributed by atoms with E-state index in [-0.39, 0.29) is 11.5 Å². The summed E-state index contributed by atoms with van der Waals surface area (Å²) < 4.78 is 16.8. The lowest BCUT2D eigenvalue weighted by molar-refractivity contribution is -0.127. The SMILES string of the molecule is COc1cc2c(Nc3ccc(Br)c(Cl)c3Cl)ncnc2cc1O[C@@H](CO)[C@@H](O)[C@H](O)[C@H](CO)OC. The van der Waals surface area contributed by atoms with E-state index in [9.17, 15) is 20.4 Å². The maximum absolute atomic E-state index is 10.5. The van der Waals surface area contributed by atoms with Crippen LogP contribution in [-0.4, -0.2) is 82.2 Å². The Balaban J connectivity index is 1.95. The molecule has 4 atom stereocenters. The van der Waals surface area contributed by atoms with Crippen molar-refractivity contribution >= 4 is 61.5 Å². The topological polar surface area (TPSA) is 146 Å². The smallest absolute Gasteiger partial charge is 0.164 e. The first-order chi connectivity index (χ1) is 16.7. The highest BCUT2D eigenvalue weighted by molar-refractivity contribution is 9.10. The lowest BCUT2D eigenvalue weighted by Crippen LogP contribution is -2.49. The molecule has 35 heavy (non-hydrogen) atoms. The van der Waals surface area contributed by atoms with E-state index >= 15 is 0 Å². The number of aliphatic hydroxyl groups is 4. The molecule has 0 unspecified atom stereocenters. The highest BCUT2D eigenvalue weighted by Gasteiger charge is 2.34. The zero-order valence-corrected chi connectivity index (χ0v) is 21.8. The lowest BCUT2D eigenvalue weighted by atomic mass is 10.0. The Morgan fingerprint density at radius 3 is 2.29 bits per heavy atom. The number of benzene rings is 2. The normalized spacial score (nSPS) is 14.9. The molecule has 10 nitrogen and oxygen atoms in total. The minimum Gasteiger partial charge on any atom is -0.493 e. The highest BCUT2D eigenvalue weighted by Crippen LogP contribution is 2.39. The van der Waals surface area contributed by atoms with Gasteiger partial charge >= 0.3 is 0 Å². The number of hydrogen-bond acceptors (Lipinski definition) is 10. The van der Waals surface area contributed by atoms with Crippen molar-refractivity contribution in [3.8, 4) is 11.5 Å². The average Bonchev–Trinajstić information content (AvgIpc) is 2.87. The fourth-order valence-electron chi connectivity index (χ4n) is 3.31. The Labute approximate surface area is 219 Å². The van der Waals surface area contributed by atoms with Crippen molar-refractivity contribution in [3.05, 3.63) is 45.1 Å². The van der Waals surface area contributed by atoms with E-state index in [2.05, 4.69) is 31.2 Å². The van der Waals surface area contributed by atoms with Crippen molar-refractivity contribution in [2.45, 2.75) is 24.4 Å². The third-order valence-electron chi connectivity index (χ3n) is 5.26. The molecule has 5 N–H and O–H groups in total. The van der Waals surface area contributed by atoms with Crippen LogP contribution < -0.4 is 14.8 Å². The predicted molar refractivity (Wildman–Crippen MR) is 135 cm³/mol.